The molecule has 0 radical (unpaired) electrons. The van der Waals surface area contributed by atoms with Crippen LogP contribution in [0.1, 0.15) is 12.8 Å². The second-order valence-electron chi connectivity index (χ2n) is 4.88. The number of methoxy groups -OCH3 is 1. The molecule has 1 atom stereocenters. The molecule has 7 heteroatoms. The maximum atomic E-state index is 10.5. The van der Waals surface area contributed by atoms with E-state index in [0.29, 0.717) is 24.3 Å². The Morgan fingerprint density at radius 3 is 3.25 bits per heavy atom. The van der Waals surface area contributed by atoms with Gasteiger partial charge in [0.1, 0.15) is 0 Å². The summed E-state index contributed by atoms with van der Waals surface area (Å²) in [5.74, 6) is 0.820. The molecule has 0 bridgehead atoms. The Balaban J connectivity index is 1.90. The average molecular weight is 280 g/mol. The minimum atomic E-state index is -0.825. The molecular weight excluding hydrogens is 260 g/mol. The first-order chi connectivity index (χ1) is 9.69. The lowest BCUT2D eigenvalue weighted by Crippen LogP contribution is -2.41. The number of carbonyl (C=O) groups is 1. The quantitative estimate of drug-likeness (QED) is 0.778. The number of hydrogen-bond acceptors (Lipinski definition) is 6. The third kappa shape index (κ3) is 4.06. The summed E-state index contributed by atoms with van der Waals surface area (Å²) in [5, 5.41) is 11.6. The number of aromatic nitrogens is 2. The molecule has 1 saturated heterocycles. The van der Waals surface area contributed by atoms with Crippen molar-refractivity contribution in [1.82, 2.24) is 15.3 Å². The Morgan fingerprint density at radius 1 is 1.65 bits per heavy atom. The van der Waals surface area contributed by atoms with Gasteiger partial charge in [-0.15, -0.1) is 0 Å². The molecule has 1 aliphatic rings. The highest BCUT2D eigenvalue weighted by Gasteiger charge is 2.21. The van der Waals surface area contributed by atoms with Crippen LogP contribution in [-0.4, -0.2) is 54.3 Å². The van der Waals surface area contributed by atoms with E-state index in [9.17, 15) is 4.79 Å². The van der Waals surface area contributed by atoms with E-state index < -0.39 is 5.97 Å². The number of carboxylic acid groups (broad SMARTS) is 1. The zero-order valence-corrected chi connectivity index (χ0v) is 11.6. The van der Waals surface area contributed by atoms with Crippen molar-refractivity contribution < 1.29 is 14.6 Å². The zero-order chi connectivity index (χ0) is 14.4. The number of ether oxygens (including phenoxy) is 1. The van der Waals surface area contributed by atoms with Gasteiger partial charge >= 0.3 is 5.97 Å². The number of piperidine rings is 1. The van der Waals surface area contributed by atoms with Crippen LogP contribution in [0.2, 0.25) is 0 Å². The summed E-state index contributed by atoms with van der Waals surface area (Å²) in [4.78, 5) is 21.2. The fourth-order valence-corrected chi connectivity index (χ4v) is 2.39. The molecule has 1 aromatic heterocycles. The predicted octanol–water partition coefficient (Wildman–Crippen LogP) is 0.376. The van der Waals surface area contributed by atoms with Crippen molar-refractivity contribution in [1.29, 1.82) is 0 Å². The molecular formula is C13H20N4O3. The highest BCUT2D eigenvalue weighted by Crippen LogP contribution is 2.21. The minimum absolute atomic E-state index is 0.00611. The number of anilines is 1. The molecule has 2 heterocycles. The number of carboxylic acids is 1. The van der Waals surface area contributed by atoms with E-state index in [0.717, 1.165) is 25.9 Å². The van der Waals surface area contributed by atoms with Gasteiger partial charge in [-0.2, -0.15) is 4.98 Å². The van der Waals surface area contributed by atoms with Crippen LogP contribution in [0.3, 0.4) is 0 Å². The van der Waals surface area contributed by atoms with Crippen LogP contribution in [-0.2, 0) is 4.79 Å². The van der Waals surface area contributed by atoms with Crippen LogP contribution in [0.15, 0.2) is 12.3 Å². The van der Waals surface area contributed by atoms with Crippen molar-refractivity contribution in [2.24, 2.45) is 5.92 Å². The first kappa shape index (κ1) is 14.5. The van der Waals surface area contributed by atoms with Crippen molar-refractivity contribution >= 4 is 11.9 Å². The van der Waals surface area contributed by atoms with Crippen molar-refractivity contribution in [2.75, 3.05) is 38.2 Å². The molecule has 1 aliphatic heterocycles. The van der Waals surface area contributed by atoms with Crippen molar-refractivity contribution in [3.05, 3.63) is 12.3 Å². The maximum absolute atomic E-state index is 10.5. The van der Waals surface area contributed by atoms with E-state index in [1.807, 2.05) is 0 Å². The summed E-state index contributed by atoms with van der Waals surface area (Å²) in [6.45, 7) is 2.46. The summed E-state index contributed by atoms with van der Waals surface area (Å²) < 4.78 is 5.11. The fraction of sp³-hybridized carbons (Fsp3) is 0.615. The summed E-state index contributed by atoms with van der Waals surface area (Å²) in [6.07, 6.45) is 3.83. The smallest absolute Gasteiger partial charge is 0.317 e. The number of rotatable bonds is 6. The molecule has 1 unspecified atom stereocenters. The fourth-order valence-electron chi connectivity index (χ4n) is 2.39. The van der Waals surface area contributed by atoms with Gasteiger partial charge in [0.15, 0.2) is 0 Å². The van der Waals surface area contributed by atoms with Gasteiger partial charge in [0.25, 0.3) is 0 Å². The van der Waals surface area contributed by atoms with Crippen LogP contribution < -0.4 is 15.0 Å². The molecule has 7 nitrogen and oxygen atoms in total. The summed E-state index contributed by atoms with van der Waals surface area (Å²) >= 11 is 0. The third-order valence-corrected chi connectivity index (χ3v) is 3.34. The molecule has 2 N–H and O–H groups in total. The van der Waals surface area contributed by atoms with Crippen LogP contribution in [0.25, 0.3) is 0 Å². The highest BCUT2D eigenvalue weighted by molar-refractivity contribution is 5.68. The number of nitrogens with one attached hydrogen (secondary N) is 1. The normalized spacial score (nSPS) is 18.9. The van der Waals surface area contributed by atoms with E-state index in [2.05, 4.69) is 20.2 Å². The van der Waals surface area contributed by atoms with Gasteiger partial charge in [0, 0.05) is 31.9 Å². The largest absolute Gasteiger partial charge is 0.481 e. The Bertz CT molecular complexity index is 455. The summed E-state index contributed by atoms with van der Waals surface area (Å²) in [7, 11) is 1.58. The molecule has 0 saturated carbocycles. The lowest BCUT2D eigenvalue weighted by Gasteiger charge is -2.32. The number of aliphatic carboxylic acids is 1. The monoisotopic (exact) mass is 280 g/mol. The van der Waals surface area contributed by atoms with Gasteiger partial charge < -0.3 is 20.1 Å². The zero-order valence-electron chi connectivity index (χ0n) is 11.6. The number of hydrogen-bond donors (Lipinski definition) is 2. The maximum Gasteiger partial charge on any atom is 0.317 e. The van der Waals surface area contributed by atoms with Crippen molar-refractivity contribution in [3.8, 4) is 5.88 Å². The summed E-state index contributed by atoms with van der Waals surface area (Å²) in [5.41, 5.74) is 0. The van der Waals surface area contributed by atoms with E-state index in [-0.39, 0.29) is 6.54 Å². The third-order valence-electron chi connectivity index (χ3n) is 3.34. The van der Waals surface area contributed by atoms with Crippen LogP contribution in [0, 0.1) is 5.92 Å². The topological polar surface area (TPSA) is 87.6 Å². The molecule has 20 heavy (non-hydrogen) atoms. The molecule has 110 valence electrons. The first-order valence-electron chi connectivity index (χ1n) is 6.73. The standard InChI is InChI=1S/C13H20N4O3/c1-20-11-4-5-15-13(16-11)17-6-2-3-10(9-17)7-14-8-12(18)19/h4-5,10,14H,2-3,6-9H2,1H3,(H,18,19). The molecule has 0 spiro atoms. The Morgan fingerprint density at radius 2 is 2.50 bits per heavy atom. The second kappa shape index (κ2) is 7.04. The van der Waals surface area contributed by atoms with Gasteiger partial charge in [-0.3, -0.25) is 4.79 Å². The van der Waals surface area contributed by atoms with Gasteiger partial charge in [0.2, 0.25) is 11.8 Å². The Hall–Kier alpha value is -1.89. The lowest BCUT2D eigenvalue weighted by molar-refractivity contribution is -0.136. The van der Waals surface area contributed by atoms with Crippen molar-refractivity contribution in [2.45, 2.75) is 12.8 Å². The van der Waals surface area contributed by atoms with Crippen LogP contribution in [0.4, 0.5) is 5.95 Å². The van der Waals surface area contributed by atoms with Gasteiger partial charge in [-0.05, 0) is 18.8 Å². The first-order valence-corrected chi connectivity index (χ1v) is 6.73. The van der Waals surface area contributed by atoms with E-state index in [4.69, 9.17) is 9.84 Å². The molecule has 0 amide bonds. The van der Waals surface area contributed by atoms with Crippen LogP contribution in [0.5, 0.6) is 5.88 Å². The van der Waals surface area contributed by atoms with Crippen molar-refractivity contribution in [3.63, 3.8) is 0 Å². The predicted molar refractivity (Wildman–Crippen MR) is 74.0 cm³/mol. The SMILES string of the molecule is COc1ccnc(N2CCCC(CNCC(=O)O)C2)n1. The van der Waals surface area contributed by atoms with Crippen LogP contribution >= 0.6 is 0 Å². The average Bonchev–Trinajstić information content (AvgIpc) is 2.47. The number of nitrogens with zero attached hydrogens (tertiary/aromatic N) is 3. The Labute approximate surface area is 118 Å². The van der Waals surface area contributed by atoms with Gasteiger partial charge in [-0.25, -0.2) is 4.98 Å². The van der Waals surface area contributed by atoms with E-state index in [1.54, 1.807) is 19.4 Å². The molecule has 0 aromatic carbocycles. The summed E-state index contributed by atoms with van der Waals surface area (Å²) in [6, 6.07) is 1.72. The van der Waals surface area contributed by atoms with Gasteiger partial charge in [-0.1, -0.05) is 0 Å². The van der Waals surface area contributed by atoms with E-state index >= 15 is 0 Å². The molecule has 0 aliphatic carbocycles. The van der Waals surface area contributed by atoms with E-state index in [1.165, 1.54) is 0 Å². The molecule has 1 aromatic rings. The molecule has 1 fully saturated rings. The van der Waals surface area contributed by atoms with Gasteiger partial charge in [0.05, 0.1) is 13.7 Å². The lowest BCUT2D eigenvalue weighted by atomic mass is 9.98. The second-order valence-corrected chi connectivity index (χ2v) is 4.88. The molecule has 2 rings (SSSR count). The highest BCUT2D eigenvalue weighted by atomic mass is 16.5. The minimum Gasteiger partial charge on any atom is -0.481 e. The Kier molecular flexibility index (Phi) is 5.11.